The third-order valence-corrected chi connectivity index (χ3v) is 4.86. The molecule has 1 aliphatic heterocycles. The summed E-state index contributed by atoms with van der Waals surface area (Å²) in [6, 6.07) is 0.400. The molecule has 2 N–H and O–H groups in total. The van der Waals surface area contributed by atoms with E-state index >= 15 is 0 Å². The Balaban J connectivity index is 1.75. The van der Waals surface area contributed by atoms with E-state index in [1.807, 2.05) is 11.8 Å². The Morgan fingerprint density at radius 2 is 2.40 bits per heavy atom. The first-order valence-electron chi connectivity index (χ1n) is 5.79. The maximum absolute atomic E-state index is 11.3. The fourth-order valence-corrected chi connectivity index (χ4v) is 2.81. The van der Waals surface area contributed by atoms with Gasteiger partial charge in [0.2, 0.25) is 5.91 Å². The lowest BCUT2D eigenvalue weighted by Gasteiger charge is -2.19. The summed E-state index contributed by atoms with van der Waals surface area (Å²) in [5.74, 6) is 0.207. The van der Waals surface area contributed by atoms with E-state index in [1.165, 1.54) is 12.8 Å². The van der Waals surface area contributed by atoms with Gasteiger partial charge in [-0.05, 0) is 31.9 Å². The van der Waals surface area contributed by atoms with Crippen LogP contribution in [0.2, 0.25) is 0 Å². The molecule has 4 heteroatoms. The summed E-state index contributed by atoms with van der Waals surface area (Å²) >= 11 is 1.97. The highest BCUT2D eigenvalue weighted by molar-refractivity contribution is 8.00. The standard InChI is InChI=1S/C11H20N2OS/c1-15-11(4-5-11)8-13-9-3-2-6-12-10(14)7-9/h9,13H,2-8H2,1H3,(H,12,14). The third kappa shape index (κ3) is 3.11. The minimum absolute atomic E-state index is 0.207. The average molecular weight is 228 g/mol. The van der Waals surface area contributed by atoms with Gasteiger partial charge >= 0.3 is 0 Å². The summed E-state index contributed by atoms with van der Waals surface area (Å²) in [5, 5.41) is 6.48. The molecule has 1 saturated heterocycles. The van der Waals surface area contributed by atoms with Crippen molar-refractivity contribution in [1.29, 1.82) is 0 Å². The van der Waals surface area contributed by atoms with Gasteiger partial charge < -0.3 is 10.6 Å². The molecule has 2 rings (SSSR count). The predicted octanol–water partition coefficient (Wildman–Crippen LogP) is 1.14. The molecule has 1 atom stereocenters. The molecule has 0 bridgehead atoms. The molecule has 2 fully saturated rings. The monoisotopic (exact) mass is 228 g/mol. The molecule has 0 aromatic rings. The summed E-state index contributed by atoms with van der Waals surface area (Å²) in [6.07, 6.45) is 7.75. The molecule has 1 saturated carbocycles. The highest BCUT2D eigenvalue weighted by atomic mass is 32.2. The summed E-state index contributed by atoms with van der Waals surface area (Å²) in [6.45, 7) is 1.93. The molecule has 0 spiro atoms. The fraction of sp³-hybridized carbons (Fsp3) is 0.909. The lowest BCUT2D eigenvalue weighted by molar-refractivity contribution is -0.121. The molecular weight excluding hydrogens is 208 g/mol. The predicted molar refractivity (Wildman–Crippen MR) is 64.1 cm³/mol. The smallest absolute Gasteiger partial charge is 0.221 e. The van der Waals surface area contributed by atoms with Crippen molar-refractivity contribution in [1.82, 2.24) is 10.6 Å². The van der Waals surface area contributed by atoms with Crippen LogP contribution in [0.15, 0.2) is 0 Å². The van der Waals surface area contributed by atoms with Crippen LogP contribution in [0.5, 0.6) is 0 Å². The van der Waals surface area contributed by atoms with Gasteiger partial charge in [-0.1, -0.05) is 0 Å². The van der Waals surface area contributed by atoms with E-state index in [2.05, 4.69) is 16.9 Å². The first-order chi connectivity index (χ1) is 7.24. The van der Waals surface area contributed by atoms with Crippen LogP contribution in [-0.2, 0) is 4.79 Å². The second-order valence-electron chi connectivity index (χ2n) is 4.66. The second-order valence-corrected chi connectivity index (χ2v) is 5.94. The van der Waals surface area contributed by atoms with Gasteiger partial charge in [0.15, 0.2) is 0 Å². The quantitative estimate of drug-likeness (QED) is 0.758. The van der Waals surface area contributed by atoms with Gasteiger partial charge in [-0.25, -0.2) is 0 Å². The van der Waals surface area contributed by atoms with Crippen molar-refractivity contribution >= 4 is 17.7 Å². The molecule has 86 valence electrons. The normalized spacial score (nSPS) is 29.4. The zero-order chi connectivity index (χ0) is 10.7. The second kappa shape index (κ2) is 4.74. The minimum atomic E-state index is 0.207. The van der Waals surface area contributed by atoms with Gasteiger partial charge in [0.25, 0.3) is 0 Å². The molecule has 2 aliphatic rings. The highest BCUT2D eigenvalue weighted by Crippen LogP contribution is 2.46. The summed E-state index contributed by atoms with van der Waals surface area (Å²) in [5.41, 5.74) is 0. The topological polar surface area (TPSA) is 41.1 Å². The maximum atomic E-state index is 11.3. The Labute approximate surface area is 95.8 Å². The molecule has 1 unspecified atom stereocenters. The molecular formula is C11H20N2OS. The van der Waals surface area contributed by atoms with Crippen molar-refractivity contribution in [3.63, 3.8) is 0 Å². The Bertz CT molecular complexity index is 241. The van der Waals surface area contributed by atoms with Crippen molar-refractivity contribution < 1.29 is 4.79 Å². The SMILES string of the molecule is CSC1(CNC2CCCNC(=O)C2)CC1. The molecule has 3 nitrogen and oxygen atoms in total. The number of rotatable bonds is 4. The maximum Gasteiger partial charge on any atom is 0.221 e. The lowest BCUT2D eigenvalue weighted by Crippen LogP contribution is -2.37. The Kier molecular flexibility index (Phi) is 3.57. The van der Waals surface area contributed by atoms with Gasteiger partial charge in [-0.3, -0.25) is 4.79 Å². The van der Waals surface area contributed by atoms with E-state index in [4.69, 9.17) is 0 Å². The third-order valence-electron chi connectivity index (χ3n) is 3.44. The van der Waals surface area contributed by atoms with E-state index in [9.17, 15) is 4.79 Å². The van der Waals surface area contributed by atoms with Crippen LogP contribution in [-0.4, -0.2) is 36.0 Å². The summed E-state index contributed by atoms with van der Waals surface area (Å²) in [7, 11) is 0. The lowest BCUT2D eigenvalue weighted by atomic mass is 10.1. The van der Waals surface area contributed by atoms with E-state index in [-0.39, 0.29) is 5.91 Å². The molecule has 0 radical (unpaired) electrons. The molecule has 0 aromatic heterocycles. The zero-order valence-electron chi connectivity index (χ0n) is 9.34. The molecule has 0 aromatic carbocycles. The minimum Gasteiger partial charge on any atom is -0.356 e. The van der Waals surface area contributed by atoms with Crippen LogP contribution in [0.3, 0.4) is 0 Å². The van der Waals surface area contributed by atoms with Crippen LogP contribution in [0, 0.1) is 0 Å². The van der Waals surface area contributed by atoms with Gasteiger partial charge in [-0.2, -0.15) is 11.8 Å². The van der Waals surface area contributed by atoms with Crippen LogP contribution >= 0.6 is 11.8 Å². The van der Waals surface area contributed by atoms with Crippen LogP contribution in [0.25, 0.3) is 0 Å². The van der Waals surface area contributed by atoms with Gasteiger partial charge in [-0.15, -0.1) is 0 Å². The Morgan fingerprint density at radius 1 is 1.60 bits per heavy atom. The highest BCUT2D eigenvalue weighted by Gasteiger charge is 2.41. The van der Waals surface area contributed by atoms with Crippen LogP contribution in [0.4, 0.5) is 0 Å². The van der Waals surface area contributed by atoms with E-state index in [1.54, 1.807) is 0 Å². The summed E-state index contributed by atoms with van der Waals surface area (Å²) < 4.78 is 0.503. The number of carbonyl (C=O) groups excluding carboxylic acids is 1. The van der Waals surface area contributed by atoms with Crippen molar-refractivity contribution in [2.75, 3.05) is 19.3 Å². The van der Waals surface area contributed by atoms with Crippen molar-refractivity contribution in [2.45, 2.75) is 42.9 Å². The first kappa shape index (κ1) is 11.3. The fourth-order valence-electron chi connectivity index (χ4n) is 2.07. The molecule has 15 heavy (non-hydrogen) atoms. The Hall–Kier alpha value is -0.220. The number of carbonyl (C=O) groups is 1. The van der Waals surface area contributed by atoms with Crippen molar-refractivity contribution in [2.24, 2.45) is 0 Å². The van der Waals surface area contributed by atoms with E-state index in [0.29, 0.717) is 17.2 Å². The largest absolute Gasteiger partial charge is 0.356 e. The van der Waals surface area contributed by atoms with Crippen molar-refractivity contribution in [3.05, 3.63) is 0 Å². The molecule has 1 heterocycles. The van der Waals surface area contributed by atoms with E-state index < -0.39 is 0 Å². The number of thioether (sulfide) groups is 1. The van der Waals surface area contributed by atoms with Gasteiger partial charge in [0.05, 0.1) is 0 Å². The number of hydrogen-bond donors (Lipinski definition) is 2. The summed E-state index contributed by atoms with van der Waals surface area (Å²) in [4.78, 5) is 11.3. The van der Waals surface area contributed by atoms with Crippen LogP contribution in [0.1, 0.15) is 32.1 Å². The van der Waals surface area contributed by atoms with Crippen molar-refractivity contribution in [3.8, 4) is 0 Å². The number of hydrogen-bond acceptors (Lipinski definition) is 3. The Morgan fingerprint density at radius 3 is 3.07 bits per heavy atom. The number of nitrogens with one attached hydrogen (secondary N) is 2. The molecule has 1 aliphatic carbocycles. The van der Waals surface area contributed by atoms with Gasteiger partial charge in [0, 0.05) is 30.3 Å². The number of amides is 1. The van der Waals surface area contributed by atoms with Crippen LogP contribution < -0.4 is 10.6 Å². The average Bonchev–Trinajstić information content (AvgIpc) is 3.01. The first-order valence-corrected chi connectivity index (χ1v) is 7.02. The van der Waals surface area contributed by atoms with E-state index in [0.717, 1.165) is 25.9 Å². The zero-order valence-corrected chi connectivity index (χ0v) is 10.2. The molecule has 1 amide bonds. The van der Waals surface area contributed by atoms with Gasteiger partial charge in [0.1, 0.15) is 0 Å².